The smallest absolute Gasteiger partial charge is 0.246 e. The maximum absolute atomic E-state index is 14.1. The fourth-order valence-electron chi connectivity index (χ4n) is 7.58. The van der Waals surface area contributed by atoms with Crippen molar-refractivity contribution in [3.05, 3.63) is 41.0 Å². The lowest BCUT2D eigenvalue weighted by Crippen LogP contribution is -2.57. The number of benzene rings is 1. The minimum atomic E-state index is -0.934. The molecule has 49 heavy (non-hydrogen) atoms. The number of aryl methyl sites for hydroxylation is 1. The van der Waals surface area contributed by atoms with Crippen LogP contribution in [0.4, 0.5) is 4.39 Å². The van der Waals surface area contributed by atoms with Crippen molar-refractivity contribution in [2.24, 2.45) is 5.41 Å². The molecule has 3 saturated heterocycles. The normalized spacial score (nSPS) is 26.8. The van der Waals surface area contributed by atoms with Gasteiger partial charge >= 0.3 is 0 Å². The molecule has 3 aliphatic heterocycles. The van der Waals surface area contributed by atoms with Crippen molar-refractivity contribution in [1.82, 2.24) is 25.4 Å². The second kappa shape index (κ2) is 15.5. The number of aromatic nitrogens is 1. The predicted molar refractivity (Wildman–Crippen MR) is 185 cm³/mol. The number of amides is 3. The Balaban J connectivity index is 1.12. The van der Waals surface area contributed by atoms with Gasteiger partial charge in [0.15, 0.2) is 0 Å². The van der Waals surface area contributed by atoms with E-state index in [0.29, 0.717) is 32.6 Å². The summed E-state index contributed by atoms with van der Waals surface area (Å²) in [6, 6.07) is 5.87. The number of carbonyl (C=O) groups is 3. The summed E-state index contributed by atoms with van der Waals surface area (Å²) in [5.41, 5.74) is 3.61. The molecule has 270 valence electrons. The first-order valence-electron chi connectivity index (χ1n) is 17.4. The van der Waals surface area contributed by atoms with Gasteiger partial charge in [-0.25, -0.2) is 9.37 Å². The Morgan fingerprint density at radius 2 is 1.92 bits per heavy atom. The van der Waals surface area contributed by atoms with Gasteiger partial charge in [0.2, 0.25) is 17.7 Å². The van der Waals surface area contributed by atoms with Crippen molar-refractivity contribution >= 4 is 29.1 Å². The van der Waals surface area contributed by atoms with Crippen LogP contribution in [0.1, 0.15) is 83.5 Å². The lowest BCUT2D eigenvalue weighted by molar-refractivity contribution is -0.144. The van der Waals surface area contributed by atoms with E-state index in [1.165, 1.54) is 4.90 Å². The highest BCUT2D eigenvalue weighted by Crippen LogP contribution is 2.43. The predicted octanol–water partition coefficient (Wildman–Crippen LogP) is 3.52. The maximum atomic E-state index is 14.1. The van der Waals surface area contributed by atoms with Crippen molar-refractivity contribution in [3.8, 4) is 10.4 Å². The zero-order chi connectivity index (χ0) is 35.5. The largest absolute Gasteiger partial charge is 0.394 e. The number of β-amino-alcohol motifs (C(OH)–C–C–N with tert-alkyl or cyclic N) is 1. The van der Waals surface area contributed by atoms with Crippen LogP contribution in [0.3, 0.4) is 0 Å². The highest BCUT2D eigenvalue weighted by molar-refractivity contribution is 7.13. The van der Waals surface area contributed by atoms with E-state index < -0.39 is 41.2 Å². The number of rotatable bonds is 13. The van der Waals surface area contributed by atoms with Crippen LogP contribution in [-0.4, -0.2) is 112 Å². The van der Waals surface area contributed by atoms with Crippen LogP contribution in [0.15, 0.2) is 29.8 Å². The number of nitrogens with zero attached hydrogens (tertiary/aromatic N) is 3. The number of alkyl halides is 1. The summed E-state index contributed by atoms with van der Waals surface area (Å²) in [6.07, 6.45) is 0.857. The number of likely N-dealkylation sites (tertiary alicyclic amines) is 1. The molecule has 4 heterocycles. The lowest BCUT2D eigenvalue weighted by atomic mass is 9.85. The van der Waals surface area contributed by atoms with Gasteiger partial charge in [-0.15, -0.1) is 11.3 Å². The van der Waals surface area contributed by atoms with E-state index in [9.17, 15) is 29.0 Å². The molecule has 0 radical (unpaired) electrons. The van der Waals surface area contributed by atoms with Crippen molar-refractivity contribution in [3.63, 3.8) is 0 Å². The van der Waals surface area contributed by atoms with E-state index >= 15 is 0 Å². The Morgan fingerprint density at radius 3 is 2.57 bits per heavy atom. The van der Waals surface area contributed by atoms with Gasteiger partial charge in [0, 0.05) is 50.5 Å². The second-order valence-electron chi connectivity index (χ2n) is 15.1. The zero-order valence-electron chi connectivity index (χ0n) is 29.3. The van der Waals surface area contributed by atoms with Gasteiger partial charge in [0.05, 0.1) is 41.4 Å². The summed E-state index contributed by atoms with van der Waals surface area (Å²) in [4.78, 5) is 49.4. The third-order valence-electron chi connectivity index (χ3n) is 10.3. The fourth-order valence-corrected chi connectivity index (χ4v) is 8.40. The number of carbonyl (C=O) groups excluding carboxylic acids is 3. The van der Waals surface area contributed by atoms with E-state index in [1.54, 1.807) is 11.3 Å². The second-order valence-corrected chi connectivity index (χ2v) is 15.9. The van der Waals surface area contributed by atoms with E-state index in [-0.39, 0.29) is 49.9 Å². The Kier molecular flexibility index (Phi) is 11.8. The molecule has 3 aliphatic rings. The molecule has 13 heteroatoms. The Bertz CT molecular complexity index is 1470. The van der Waals surface area contributed by atoms with Gasteiger partial charge in [-0.05, 0) is 49.7 Å². The standard InChI is InChI=1S/C36H52FN5O6S/c1-22(24-8-10-25(11-9-24)31-23(2)38-21-49-31)39-33(46)29-15-28(44)18-41(29)34(47)32(35(3,4)5)40-30(45)7-6-14-48-19-27-12-13-36(20-43)16-26(37)17-42(27)36/h8-11,21-22,26-29,32,43-44H,6-7,12-20H2,1-5H3,(H,39,46)(H,40,45)/t22-,26+,27+,28+,29-,32+,36-/m0/s1. The Labute approximate surface area is 292 Å². The average molecular weight is 702 g/mol. The number of ether oxygens (including phenoxy) is 1. The SMILES string of the molecule is Cc1ncsc1-c1ccc([C@H](C)NC(=O)[C@@H]2C[C@@H](O)CN2C(=O)[C@@H](NC(=O)CCCOC[C@H]2CC[C@@]3(CO)C[C@@H](F)CN23)C(C)(C)C)cc1. The minimum absolute atomic E-state index is 0.00337. The van der Waals surface area contributed by atoms with Gasteiger partial charge in [-0.1, -0.05) is 45.0 Å². The van der Waals surface area contributed by atoms with Crippen LogP contribution in [0, 0.1) is 12.3 Å². The molecule has 0 spiro atoms. The van der Waals surface area contributed by atoms with Gasteiger partial charge in [-0.2, -0.15) is 0 Å². The molecule has 2 aromatic rings. The van der Waals surface area contributed by atoms with Crippen molar-refractivity contribution in [2.75, 3.05) is 32.9 Å². The molecule has 5 rings (SSSR count). The number of thiazole rings is 1. The molecule has 0 saturated carbocycles. The number of nitrogens with one attached hydrogen (secondary N) is 2. The number of aliphatic hydroxyl groups is 2. The van der Waals surface area contributed by atoms with Crippen molar-refractivity contribution in [1.29, 1.82) is 0 Å². The van der Waals surface area contributed by atoms with Crippen LogP contribution in [0.2, 0.25) is 0 Å². The Hall–Kier alpha value is -2.97. The van der Waals surface area contributed by atoms with Gasteiger partial charge in [0.1, 0.15) is 18.3 Å². The van der Waals surface area contributed by atoms with Crippen molar-refractivity contribution in [2.45, 2.75) is 115 Å². The zero-order valence-corrected chi connectivity index (χ0v) is 30.1. The van der Waals surface area contributed by atoms with Crippen LogP contribution in [0.5, 0.6) is 0 Å². The highest BCUT2D eigenvalue weighted by atomic mass is 32.1. The van der Waals surface area contributed by atoms with E-state index in [2.05, 4.69) is 20.5 Å². The van der Waals surface area contributed by atoms with Gasteiger partial charge in [0.25, 0.3) is 0 Å². The third kappa shape index (κ3) is 8.50. The molecule has 1 aromatic carbocycles. The summed E-state index contributed by atoms with van der Waals surface area (Å²) >= 11 is 1.58. The maximum Gasteiger partial charge on any atom is 0.246 e. The number of hydrogen-bond acceptors (Lipinski definition) is 9. The Morgan fingerprint density at radius 1 is 1.18 bits per heavy atom. The average Bonchev–Trinajstić information content (AvgIpc) is 3.82. The minimum Gasteiger partial charge on any atom is -0.394 e. The molecule has 0 unspecified atom stereocenters. The first kappa shape index (κ1) is 37.3. The summed E-state index contributed by atoms with van der Waals surface area (Å²) in [6.45, 7) is 10.4. The first-order chi connectivity index (χ1) is 23.2. The van der Waals surface area contributed by atoms with Gasteiger partial charge in [-0.3, -0.25) is 19.3 Å². The molecule has 11 nitrogen and oxygen atoms in total. The lowest BCUT2D eigenvalue weighted by Gasteiger charge is -2.35. The first-order valence-corrected chi connectivity index (χ1v) is 18.3. The quantitative estimate of drug-likeness (QED) is 0.233. The van der Waals surface area contributed by atoms with Crippen molar-refractivity contribution < 1.29 is 33.7 Å². The van der Waals surface area contributed by atoms with Crippen LogP contribution >= 0.6 is 11.3 Å². The molecule has 0 bridgehead atoms. The summed E-state index contributed by atoms with van der Waals surface area (Å²) in [7, 11) is 0. The summed E-state index contributed by atoms with van der Waals surface area (Å²) in [5, 5.41) is 26.4. The molecular weight excluding hydrogens is 649 g/mol. The van der Waals surface area contributed by atoms with Crippen LogP contribution in [0.25, 0.3) is 10.4 Å². The number of fused-ring (bicyclic) bond motifs is 1. The van der Waals surface area contributed by atoms with Crippen LogP contribution < -0.4 is 10.6 Å². The summed E-state index contributed by atoms with van der Waals surface area (Å²) in [5.74, 6) is -1.07. The molecular formula is C36H52FN5O6S. The monoisotopic (exact) mass is 701 g/mol. The topological polar surface area (TPSA) is 144 Å². The summed E-state index contributed by atoms with van der Waals surface area (Å²) < 4.78 is 19.9. The number of halogens is 1. The highest BCUT2D eigenvalue weighted by Gasteiger charge is 2.52. The number of hydrogen-bond donors (Lipinski definition) is 4. The molecule has 0 aliphatic carbocycles. The van der Waals surface area contributed by atoms with E-state index in [4.69, 9.17) is 4.74 Å². The van der Waals surface area contributed by atoms with Crippen LogP contribution in [-0.2, 0) is 19.1 Å². The van der Waals surface area contributed by atoms with Gasteiger partial charge < -0.3 is 30.5 Å². The van der Waals surface area contributed by atoms with E-state index in [0.717, 1.165) is 34.5 Å². The third-order valence-corrected chi connectivity index (χ3v) is 11.3. The molecule has 1 aromatic heterocycles. The molecule has 4 N–H and O–H groups in total. The van der Waals surface area contributed by atoms with E-state index in [1.807, 2.05) is 64.4 Å². The molecule has 7 atom stereocenters. The molecule has 3 fully saturated rings. The molecule has 3 amide bonds. The number of aliphatic hydroxyl groups excluding tert-OH is 2. The fraction of sp³-hybridized carbons (Fsp3) is 0.667.